The monoisotopic (exact) mass is 161 g/mol. The van der Waals surface area contributed by atoms with Crippen LogP contribution in [-0.2, 0) is 0 Å². The van der Waals surface area contributed by atoms with Gasteiger partial charge in [0.1, 0.15) is 0 Å². The van der Waals surface area contributed by atoms with E-state index >= 15 is 0 Å². The highest BCUT2D eigenvalue weighted by atomic mass is 14.8. The maximum Gasteiger partial charge on any atom is -0.00491 e. The van der Waals surface area contributed by atoms with Crippen molar-refractivity contribution in [3.63, 3.8) is 0 Å². The van der Waals surface area contributed by atoms with E-state index < -0.39 is 0 Å². The third-order valence-electron chi connectivity index (χ3n) is 0.957. The van der Waals surface area contributed by atoms with Crippen LogP contribution in [0, 0.1) is 0 Å². The molecule has 0 atom stereocenters. The Bertz CT molecular complexity index is 24.1. The maximum atomic E-state index is 3.25. The van der Waals surface area contributed by atoms with Crippen molar-refractivity contribution in [3.8, 4) is 0 Å². The summed E-state index contributed by atoms with van der Waals surface area (Å²) in [6, 6.07) is 0. The molecule has 0 aromatic carbocycles. The quantitative estimate of drug-likeness (QED) is 0.623. The van der Waals surface area contributed by atoms with Gasteiger partial charge in [-0.05, 0) is 19.5 Å². The van der Waals surface area contributed by atoms with Gasteiger partial charge in [-0.2, -0.15) is 0 Å². The van der Waals surface area contributed by atoms with E-state index in [9.17, 15) is 0 Å². The Morgan fingerprint density at radius 1 is 0.909 bits per heavy atom. The van der Waals surface area contributed by atoms with Crippen LogP contribution in [0.5, 0.6) is 0 Å². The summed E-state index contributed by atoms with van der Waals surface area (Å²) in [5, 5.41) is 3.25. The lowest BCUT2D eigenvalue weighted by Gasteiger charge is -1.95. The molecule has 0 aromatic heterocycles. The molecule has 0 amide bonds. The van der Waals surface area contributed by atoms with Gasteiger partial charge in [0.25, 0.3) is 0 Å². The molecule has 72 valence electrons. The largest absolute Gasteiger partial charge is 0.317 e. The second-order valence-electron chi connectivity index (χ2n) is 1.71. The van der Waals surface area contributed by atoms with Gasteiger partial charge in [-0.3, -0.25) is 0 Å². The summed E-state index contributed by atoms with van der Waals surface area (Å²) in [7, 11) is 0. The van der Waals surface area contributed by atoms with Crippen molar-refractivity contribution >= 4 is 0 Å². The normalized spacial score (nSPS) is 7.09. The molecule has 0 fully saturated rings. The van der Waals surface area contributed by atoms with Gasteiger partial charge in [0, 0.05) is 0 Å². The molecule has 1 nitrogen and oxygen atoms in total. The maximum absolute atomic E-state index is 3.25. The van der Waals surface area contributed by atoms with Crippen LogP contribution in [0.15, 0.2) is 0 Å². The molecular formula is C10H27N. The molecule has 0 saturated heterocycles. The summed E-state index contributed by atoms with van der Waals surface area (Å²) in [6.45, 7) is 14.6. The minimum Gasteiger partial charge on any atom is -0.317 e. The van der Waals surface area contributed by atoms with Crippen molar-refractivity contribution in [1.29, 1.82) is 0 Å². The van der Waals surface area contributed by atoms with Gasteiger partial charge in [-0.1, -0.05) is 48.0 Å². The molecule has 0 bridgehead atoms. The molecule has 0 aliphatic rings. The third-order valence-corrected chi connectivity index (χ3v) is 0.957. The van der Waals surface area contributed by atoms with Crippen molar-refractivity contribution in [2.45, 2.75) is 54.4 Å². The number of nitrogens with one attached hydrogen (secondary N) is 1. The first-order valence-electron chi connectivity index (χ1n) is 5.12. The highest BCUT2D eigenvalue weighted by molar-refractivity contribution is 4.39. The van der Waals surface area contributed by atoms with E-state index in [1.165, 1.54) is 19.4 Å². The van der Waals surface area contributed by atoms with Crippen LogP contribution in [0.1, 0.15) is 54.4 Å². The molecule has 0 spiro atoms. The Hall–Kier alpha value is -0.0400. The van der Waals surface area contributed by atoms with Gasteiger partial charge >= 0.3 is 0 Å². The van der Waals surface area contributed by atoms with Crippen LogP contribution in [-0.4, -0.2) is 13.1 Å². The average molecular weight is 161 g/mol. The number of hydrogen-bond acceptors (Lipinski definition) is 1. The van der Waals surface area contributed by atoms with Crippen LogP contribution >= 0.6 is 0 Å². The highest BCUT2D eigenvalue weighted by Crippen LogP contribution is 1.80. The summed E-state index contributed by atoms with van der Waals surface area (Å²) in [5.41, 5.74) is 0. The van der Waals surface area contributed by atoms with Gasteiger partial charge in [0.05, 0.1) is 0 Å². The van der Waals surface area contributed by atoms with Crippen LogP contribution < -0.4 is 5.32 Å². The first-order valence-corrected chi connectivity index (χ1v) is 5.12. The standard InChI is InChI=1S/C6H15N.2C2H6/c1-3-5-6-7-4-2;2*1-2/h7H,3-6H2,1-2H3;2*1-2H3. The van der Waals surface area contributed by atoms with Crippen LogP contribution in [0.2, 0.25) is 0 Å². The summed E-state index contributed by atoms with van der Waals surface area (Å²) >= 11 is 0. The number of hydrogen-bond donors (Lipinski definition) is 1. The minimum absolute atomic E-state index is 1.11. The Balaban J connectivity index is -0.000000138. The van der Waals surface area contributed by atoms with Gasteiger partial charge in [-0.15, -0.1) is 0 Å². The van der Waals surface area contributed by atoms with Crippen molar-refractivity contribution < 1.29 is 0 Å². The van der Waals surface area contributed by atoms with Crippen molar-refractivity contribution in [1.82, 2.24) is 5.32 Å². The van der Waals surface area contributed by atoms with Crippen molar-refractivity contribution in [3.05, 3.63) is 0 Å². The number of rotatable bonds is 4. The average Bonchev–Trinajstić information content (AvgIpc) is 2.13. The second kappa shape index (κ2) is 32.5. The first kappa shape index (κ1) is 17.2. The van der Waals surface area contributed by atoms with E-state index in [1.807, 2.05) is 27.7 Å². The van der Waals surface area contributed by atoms with Crippen LogP contribution in [0.3, 0.4) is 0 Å². The molecule has 1 N–H and O–H groups in total. The lowest BCUT2D eigenvalue weighted by Crippen LogP contribution is -2.13. The lowest BCUT2D eigenvalue weighted by atomic mass is 10.3. The Morgan fingerprint density at radius 3 is 1.64 bits per heavy atom. The Kier molecular flexibility index (Phi) is 50.7. The molecule has 0 aromatic rings. The molecule has 0 unspecified atom stereocenters. The highest BCUT2D eigenvalue weighted by Gasteiger charge is 1.77. The van der Waals surface area contributed by atoms with Gasteiger partial charge in [-0.25, -0.2) is 0 Å². The fourth-order valence-electron chi connectivity index (χ4n) is 0.479. The van der Waals surface area contributed by atoms with E-state index in [4.69, 9.17) is 0 Å². The zero-order valence-electron chi connectivity index (χ0n) is 9.33. The molecule has 0 saturated carbocycles. The SMILES string of the molecule is CC.CC.CCCCNCC. The molecule has 11 heavy (non-hydrogen) atoms. The van der Waals surface area contributed by atoms with E-state index in [1.54, 1.807) is 0 Å². The Labute approximate surface area is 73.6 Å². The predicted molar refractivity (Wildman–Crippen MR) is 56.1 cm³/mol. The summed E-state index contributed by atoms with van der Waals surface area (Å²) in [6.07, 6.45) is 2.61. The zero-order chi connectivity index (χ0) is 9.54. The fraction of sp³-hybridized carbons (Fsp3) is 1.00. The summed E-state index contributed by atoms with van der Waals surface area (Å²) in [5.74, 6) is 0. The molecule has 1 heteroatoms. The molecule has 0 aliphatic heterocycles. The molecular weight excluding hydrogens is 134 g/mol. The number of unbranched alkanes of at least 4 members (excludes halogenated alkanes) is 1. The molecule has 0 radical (unpaired) electrons. The fourth-order valence-corrected chi connectivity index (χ4v) is 0.479. The first-order chi connectivity index (χ1) is 5.41. The third kappa shape index (κ3) is 40.2. The van der Waals surface area contributed by atoms with Gasteiger partial charge in [0.15, 0.2) is 0 Å². The second-order valence-corrected chi connectivity index (χ2v) is 1.71. The van der Waals surface area contributed by atoms with Crippen LogP contribution in [0.25, 0.3) is 0 Å². The van der Waals surface area contributed by atoms with E-state index in [-0.39, 0.29) is 0 Å². The van der Waals surface area contributed by atoms with Gasteiger partial charge < -0.3 is 5.32 Å². The summed E-state index contributed by atoms with van der Waals surface area (Å²) in [4.78, 5) is 0. The lowest BCUT2D eigenvalue weighted by molar-refractivity contribution is 0.663. The van der Waals surface area contributed by atoms with Gasteiger partial charge in [0.2, 0.25) is 0 Å². The predicted octanol–water partition coefficient (Wildman–Crippen LogP) is 3.45. The molecule has 0 rings (SSSR count). The topological polar surface area (TPSA) is 12.0 Å². The molecule has 0 heterocycles. The van der Waals surface area contributed by atoms with E-state index in [0.717, 1.165) is 6.54 Å². The van der Waals surface area contributed by atoms with Crippen molar-refractivity contribution in [2.75, 3.05) is 13.1 Å². The van der Waals surface area contributed by atoms with E-state index in [0.29, 0.717) is 0 Å². The van der Waals surface area contributed by atoms with E-state index in [2.05, 4.69) is 19.2 Å². The van der Waals surface area contributed by atoms with Crippen LogP contribution in [0.4, 0.5) is 0 Å². The van der Waals surface area contributed by atoms with Crippen molar-refractivity contribution in [2.24, 2.45) is 0 Å². The minimum atomic E-state index is 1.11. The smallest absolute Gasteiger partial charge is 0.00491 e. The molecule has 0 aliphatic carbocycles. The zero-order valence-corrected chi connectivity index (χ0v) is 9.33. The Morgan fingerprint density at radius 2 is 1.36 bits per heavy atom. The summed E-state index contributed by atoms with van der Waals surface area (Å²) < 4.78 is 0.